The topological polar surface area (TPSA) is 59.0 Å². The van der Waals surface area contributed by atoms with Gasteiger partial charge in [0.2, 0.25) is 0 Å². The fraction of sp³-hybridized carbons (Fsp3) is 0.588. The maximum atomic E-state index is 8.86. The summed E-state index contributed by atoms with van der Waals surface area (Å²) < 4.78 is 6.01. The van der Waals surface area contributed by atoms with E-state index >= 15 is 0 Å². The smallest absolute Gasteiger partial charge is 0.122 e. The van der Waals surface area contributed by atoms with Crippen LogP contribution in [-0.4, -0.2) is 12.6 Å². The van der Waals surface area contributed by atoms with E-state index in [1.54, 1.807) is 0 Å². The Bertz CT molecular complexity index is 500. The highest BCUT2D eigenvalue weighted by Crippen LogP contribution is 2.48. The molecule has 1 aliphatic rings. The Balaban J connectivity index is 2.05. The van der Waals surface area contributed by atoms with Gasteiger partial charge in [0.25, 0.3) is 0 Å². The lowest BCUT2D eigenvalue weighted by Crippen LogP contribution is -2.22. The summed E-state index contributed by atoms with van der Waals surface area (Å²) in [7, 11) is 0. The average molecular weight is 272 g/mol. The van der Waals surface area contributed by atoms with Crippen LogP contribution in [0.5, 0.6) is 5.75 Å². The first-order valence-corrected chi connectivity index (χ1v) is 7.43. The zero-order chi connectivity index (χ0) is 14.6. The summed E-state index contributed by atoms with van der Waals surface area (Å²) in [6.45, 7) is 4.84. The van der Waals surface area contributed by atoms with Crippen LogP contribution in [0.25, 0.3) is 0 Å². The molecule has 0 amide bonds. The van der Waals surface area contributed by atoms with Gasteiger partial charge in [-0.15, -0.1) is 0 Å². The van der Waals surface area contributed by atoms with Crippen molar-refractivity contribution in [1.29, 1.82) is 5.26 Å². The predicted molar refractivity (Wildman–Crippen MR) is 80.5 cm³/mol. The summed E-state index contributed by atoms with van der Waals surface area (Å²) in [5.74, 6) is 0.934. The zero-order valence-electron chi connectivity index (χ0n) is 12.5. The number of ether oxygens (including phenoxy) is 1. The minimum absolute atomic E-state index is 0.115. The molecule has 1 unspecified atom stereocenters. The number of nitriles is 1. The highest BCUT2D eigenvalue weighted by molar-refractivity contribution is 5.37. The Labute approximate surface area is 121 Å². The molecule has 1 atom stereocenters. The predicted octanol–water partition coefficient (Wildman–Crippen LogP) is 3.35. The van der Waals surface area contributed by atoms with E-state index in [2.05, 4.69) is 32.0 Å². The lowest BCUT2D eigenvalue weighted by molar-refractivity contribution is 0.234. The lowest BCUT2D eigenvalue weighted by Gasteiger charge is -2.18. The van der Waals surface area contributed by atoms with E-state index in [0.29, 0.717) is 13.0 Å². The van der Waals surface area contributed by atoms with E-state index in [1.807, 2.05) is 6.07 Å². The molecule has 2 rings (SSSR count). The molecule has 0 radical (unpaired) electrons. The van der Waals surface area contributed by atoms with Gasteiger partial charge in [-0.3, -0.25) is 0 Å². The van der Waals surface area contributed by atoms with E-state index < -0.39 is 0 Å². The number of hydrogen-bond acceptors (Lipinski definition) is 3. The second-order valence-electron chi connectivity index (χ2n) is 6.11. The first kappa shape index (κ1) is 14.9. The molecule has 0 bridgehead atoms. The maximum absolute atomic E-state index is 8.86. The van der Waals surface area contributed by atoms with Crippen LogP contribution < -0.4 is 10.5 Å². The molecule has 3 heteroatoms. The molecule has 1 aromatic carbocycles. The number of nitrogens with zero attached hydrogens (tertiary/aromatic N) is 1. The molecule has 0 spiro atoms. The van der Waals surface area contributed by atoms with Crippen molar-refractivity contribution in [2.75, 3.05) is 6.61 Å². The molecule has 0 aliphatic heterocycles. The van der Waals surface area contributed by atoms with Gasteiger partial charge in [0.15, 0.2) is 0 Å². The normalized spacial score (nSPS) is 17.3. The Morgan fingerprint density at radius 3 is 2.80 bits per heavy atom. The first-order chi connectivity index (χ1) is 9.58. The van der Waals surface area contributed by atoms with Gasteiger partial charge in [0, 0.05) is 17.9 Å². The summed E-state index contributed by atoms with van der Waals surface area (Å²) in [5.41, 5.74) is 8.60. The van der Waals surface area contributed by atoms with Crippen LogP contribution in [0.4, 0.5) is 0 Å². The van der Waals surface area contributed by atoms with Gasteiger partial charge >= 0.3 is 0 Å². The van der Waals surface area contributed by atoms with Crippen LogP contribution in [0.1, 0.15) is 43.7 Å². The molecule has 1 aliphatic carbocycles. The maximum Gasteiger partial charge on any atom is 0.122 e. The standard InChI is InChI=1S/C17H24N2O/c1-3-15(19)11-14-10-13(2)4-5-16(14)20-12-17(6-7-17)8-9-18/h4-5,10,15H,3,6-8,11-12,19H2,1-2H3. The first-order valence-electron chi connectivity index (χ1n) is 7.43. The second kappa shape index (κ2) is 6.28. The van der Waals surface area contributed by atoms with Gasteiger partial charge in [-0.05, 0) is 44.2 Å². The Kier molecular flexibility index (Phi) is 4.67. The number of rotatable bonds is 7. The molecular formula is C17H24N2O. The van der Waals surface area contributed by atoms with Crippen LogP contribution in [0.15, 0.2) is 18.2 Å². The van der Waals surface area contributed by atoms with E-state index in [1.165, 1.54) is 11.1 Å². The molecule has 3 nitrogen and oxygen atoms in total. The molecule has 20 heavy (non-hydrogen) atoms. The van der Waals surface area contributed by atoms with Crippen LogP contribution >= 0.6 is 0 Å². The average Bonchev–Trinajstić information content (AvgIpc) is 3.18. The molecular weight excluding hydrogens is 248 g/mol. The molecule has 1 aromatic rings. The minimum Gasteiger partial charge on any atom is -0.493 e. The monoisotopic (exact) mass is 272 g/mol. The van der Waals surface area contributed by atoms with Crippen LogP contribution in [-0.2, 0) is 6.42 Å². The van der Waals surface area contributed by atoms with E-state index in [0.717, 1.165) is 31.4 Å². The fourth-order valence-corrected chi connectivity index (χ4v) is 2.38. The Morgan fingerprint density at radius 1 is 1.45 bits per heavy atom. The Morgan fingerprint density at radius 2 is 2.20 bits per heavy atom. The van der Waals surface area contributed by atoms with Crippen molar-refractivity contribution in [3.05, 3.63) is 29.3 Å². The zero-order valence-corrected chi connectivity index (χ0v) is 12.5. The quantitative estimate of drug-likeness (QED) is 0.828. The van der Waals surface area contributed by atoms with Gasteiger partial charge in [0.05, 0.1) is 12.7 Å². The SMILES string of the molecule is CCC(N)Cc1cc(C)ccc1OCC1(CC#N)CC1. The Hall–Kier alpha value is -1.53. The van der Waals surface area contributed by atoms with E-state index in [9.17, 15) is 0 Å². The van der Waals surface area contributed by atoms with Gasteiger partial charge in [-0.1, -0.05) is 24.6 Å². The molecule has 1 saturated carbocycles. The molecule has 0 heterocycles. The number of benzene rings is 1. The summed E-state index contributed by atoms with van der Waals surface area (Å²) in [5, 5.41) is 8.86. The summed E-state index contributed by atoms with van der Waals surface area (Å²) >= 11 is 0. The molecule has 108 valence electrons. The fourth-order valence-electron chi connectivity index (χ4n) is 2.38. The van der Waals surface area contributed by atoms with Gasteiger partial charge in [0.1, 0.15) is 5.75 Å². The number of aryl methyl sites for hydroxylation is 1. The summed E-state index contributed by atoms with van der Waals surface area (Å²) in [6, 6.07) is 8.71. The van der Waals surface area contributed by atoms with Crippen LogP contribution in [0, 0.1) is 23.7 Å². The van der Waals surface area contributed by atoms with Crippen molar-refractivity contribution in [1.82, 2.24) is 0 Å². The summed E-state index contributed by atoms with van der Waals surface area (Å²) in [4.78, 5) is 0. The third kappa shape index (κ3) is 3.74. The molecule has 0 saturated heterocycles. The molecule has 1 fully saturated rings. The highest BCUT2D eigenvalue weighted by atomic mass is 16.5. The third-order valence-electron chi connectivity index (χ3n) is 4.17. The highest BCUT2D eigenvalue weighted by Gasteiger charge is 2.43. The van der Waals surface area contributed by atoms with E-state index in [4.69, 9.17) is 15.7 Å². The van der Waals surface area contributed by atoms with E-state index in [-0.39, 0.29) is 11.5 Å². The van der Waals surface area contributed by atoms with Crippen molar-refractivity contribution in [2.24, 2.45) is 11.1 Å². The largest absolute Gasteiger partial charge is 0.493 e. The lowest BCUT2D eigenvalue weighted by atomic mass is 10.0. The van der Waals surface area contributed by atoms with Crippen molar-refractivity contribution >= 4 is 0 Å². The summed E-state index contributed by atoms with van der Waals surface area (Å²) in [6.07, 6.45) is 4.62. The van der Waals surface area contributed by atoms with Crippen molar-refractivity contribution < 1.29 is 4.74 Å². The third-order valence-corrected chi connectivity index (χ3v) is 4.17. The van der Waals surface area contributed by atoms with Gasteiger partial charge < -0.3 is 10.5 Å². The molecule has 0 aromatic heterocycles. The minimum atomic E-state index is 0.115. The molecule has 2 N–H and O–H groups in total. The van der Waals surface area contributed by atoms with Crippen LogP contribution in [0.2, 0.25) is 0 Å². The number of hydrogen-bond donors (Lipinski definition) is 1. The van der Waals surface area contributed by atoms with Gasteiger partial charge in [-0.25, -0.2) is 0 Å². The van der Waals surface area contributed by atoms with Gasteiger partial charge in [-0.2, -0.15) is 5.26 Å². The van der Waals surface area contributed by atoms with Crippen molar-refractivity contribution in [3.63, 3.8) is 0 Å². The second-order valence-corrected chi connectivity index (χ2v) is 6.11. The van der Waals surface area contributed by atoms with Crippen molar-refractivity contribution in [2.45, 2.75) is 52.0 Å². The number of nitrogens with two attached hydrogens (primary N) is 1. The van der Waals surface area contributed by atoms with Crippen LogP contribution in [0.3, 0.4) is 0 Å². The van der Waals surface area contributed by atoms with Crippen molar-refractivity contribution in [3.8, 4) is 11.8 Å².